The number of hydrogen-bond donors (Lipinski definition) is 1. The molecular formula is C11H15ClFNO. The molecule has 84 valence electrons. The molecule has 0 fully saturated rings. The topological polar surface area (TPSA) is 21.3 Å². The minimum Gasteiger partial charge on any atom is -0.380 e. The van der Waals surface area contributed by atoms with E-state index < -0.39 is 0 Å². The summed E-state index contributed by atoms with van der Waals surface area (Å²) in [4.78, 5) is 0. The van der Waals surface area contributed by atoms with E-state index in [1.807, 2.05) is 6.92 Å². The fourth-order valence-corrected chi connectivity index (χ4v) is 1.37. The van der Waals surface area contributed by atoms with Gasteiger partial charge in [-0.25, -0.2) is 4.39 Å². The molecule has 4 heteroatoms. The van der Waals surface area contributed by atoms with Gasteiger partial charge in [0.15, 0.2) is 0 Å². The zero-order chi connectivity index (χ0) is 11.3. The third-order valence-electron chi connectivity index (χ3n) is 2.18. The van der Waals surface area contributed by atoms with Crippen molar-refractivity contribution in [2.75, 3.05) is 13.7 Å². The summed E-state index contributed by atoms with van der Waals surface area (Å²) in [6.45, 7) is 3.22. The van der Waals surface area contributed by atoms with Crippen molar-refractivity contribution in [3.63, 3.8) is 0 Å². The van der Waals surface area contributed by atoms with Gasteiger partial charge in [0.25, 0.3) is 0 Å². The molecule has 1 N–H and O–H groups in total. The zero-order valence-electron chi connectivity index (χ0n) is 8.89. The van der Waals surface area contributed by atoms with Crippen LogP contribution < -0.4 is 5.32 Å². The molecule has 0 aromatic heterocycles. The quantitative estimate of drug-likeness (QED) is 0.841. The fraction of sp³-hybridized carbons (Fsp3) is 0.455. The number of ether oxygens (including phenoxy) is 1. The van der Waals surface area contributed by atoms with E-state index in [1.165, 1.54) is 6.07 Å². The highest BCUT2D eigenvalue weighted by atomic mass is 35.5. The van der Waals surface area contributed by atoms with Crippen LogP contribution in [-0.2, 0) is 11.3 Å². The molecule has 0 amide bonds. The molecule has 1 atom stereocenters. The van der Waals surface area contributed by atoms with Crippen molar-refractivity contribution in [3.05, 3.63) is 34.6 Å². The van der Waals surface area contributed by atoms with Crippen molar-refractivity contribution < 1.29 is 9.13 Å². The average molecular weight is 232 g/mol. The van der Waals surface area contributed by atoms with E-state index in [0.29, 0.717) is 13.1 Å². The summed E-state index contributed by atoms with van der Waals surface area (Å²) in [6, 6.07) is 4.80. The lowest BCUT2D eigenvalue weighted by Gasteiger charge is -2.11. The van der Waals surface area contributed by atoms with E-state index in [2.05, 4.69) is 5.32 Å². The van der Waals surface area contributed by atoms with Gasteiger partial charge in [0.2, 0.25) is 0 Å². The smallest absolute Gasteiger partial charge is 0.142 e. The summed E-state index contributed by atoms with van der Waals surface area (Å²) in [5, 5.41) is 3.33. The van der Waals surface area contributed by atoms with Crippen molar-refractivity contribution in [3.8, 4) is 0 Å². The lowest BCUT2D eigenvalue weighted by Crippen LogP contribution is -2.25. The SMILES string of the molecule is COC(C)CNCc1cccc(F)c1Cl. The van der Waals surface area contributed by atoms with Crippen molar-refractivity contribution in [1.29, 1.82) is 0 Å². The Kier molecular flexibility index (Phi) is 5.02. The normalized spacial score (nSPS) is 12.8. The largest absolute Gasteiger partial charge is 0.380 e. The fourth-order valence-electron chi connectivity index (χ4n) is 1.18. The zero-order valence-corrected chi connectivity index (χ0v) is 9.64. The summed E-state index contributed by atoms with van der Waals surface area (Å²) in [5.74, 6) is -0.379. The van der Waals surface area contributed by atoms with Gasteiger partial charge in [-0.2, -0.15) is 0 Å². The molecule has 0 heterocycles. The summed E-state index contributed by atoms with van der Waals surface area (Å²) in [6.07, 6.45) is 0.136. The van der Waals surface area contributed by atoms with E-state index >= 15 is 0 Å². The molecule has 0 aliphatic rings. The molecule has 2 nitrogen and oxygen atoms in total. The van der Waals surface area contributed by atoms with E-state index in [-0.39, 0.29) is 16.9 Å². The maximum atomic E-state index is 13.0. The van der Waals surface area contributed by atoms with Crippen LogP contribution in [0, 0.1) is 5.82 Å². The number of methoxy groups -OCH3 is 1. The van der Waals surface area contributed by atoms with Gasteiger partial charge in [-0.1, -0.05) is 23.7 Å². The van der Waals surface area contributed by atoms with Crippen LogP contribution in [0.4, 0.5) is 4.39 Å². The Labute approximate surface area is 94.4 Å². The lowest BCUT2D eigenvalue weighted by atomic mass is 10.2. The highest BCUT2D eigenvalue weighted by Gasteiger charge is 2.05. The van der Waals surface area contributed by atoms with Crippen molar-refractivity contribution >= 4 is 11.6 Å². The van der Waals surface area contributed by atoms with Gasteiger partial charge in [0.1, 0.15) is 5.82 Å². The van der Waals surface area contributed by atoms with E-state index in [9.17, 15) is 4.39 Å². The van der Waals surface area contributed by atoms with Crippen LogP contribution in [0.3, 0.4) is 0 Å². The molecule has 0 saturated heterocycles. The molecular weight excluding hydrogens is 217 g/mol. The molecule has 0 aliphatic heterocycles. The predicted octanol–water partition coefficient (Wildman–Crippen LogP) is 2.60. The maximum absolute atomic E-state index is 13.0. The van der Waals surface area contributed by atoms with Gasteiger partial charge < -0.3 is 10.1 Å². The Bertz CT molecular complexity index is 319. The van der Waals surface area contributed by atoms with Crippen LogP contribution in [0.25, 0.3) is 0 Å². The standard InChI is InChI=1S/C11H15ClFNO/c1-8(15-2)6-14-7-9-4-3-5-10(13)11(9)12/h3-5,8,14H,6-7H2,1-2H3. The first-order chi connectivity index (χ1) is 7.15. The van der Waals surface area contributed by atoms with Crippen LogP contribution >= 0.6 is 11.6 Å². The van der Waals surface area contributed by atoms with Gasteiger partial charge in [0.05, 0.1) is 11.1 Å². The van der Waals surface area contributed by atoms with Crippen LogP contribution in [-0.4, -0.2) is 19.8 Å². The molecule has 15 heavy (non-hydrogen) atoms. The maximum Gasteiger partial charge on any atom is 0.142 e. The monoisotopic (exact) mass is 231 g/mol. The van der Waals surface area contributed by atoms with E-state index in [4.69, 9.17) is 16.3 Å². The van der Waals surface area contributed by atoms with Gasteiger partial charge in [0, 0.05) is 20.2 Å². The van der Waals surface area contributed by atoms with Crippen LogP contribution in [0.5, 0.6) is 0 Å². The summed E-state index contributed by atoms with van der Waals surface area (Å²) >= 11 is 5.80. The first kappa shape index (κ1) is 12.4. The Balaban J connectivity index is 2.47. The number of hydrogen-bond acceptors (Lipinski definition) is 2. The van der Waals surface area contributed by atoms with E-state index in [1.54, 1.807) is 19.2 Å². The molecule has 1 rings (SSSR count). The average Bonchev–Trinajstić information content (AvgIpc) is 2.24. The Morgan fingerprint density at radius 1 is 1.53 bits per heavy atom. The van der Waals surface area contributed by atoms with Gasteiger partial charge in [-0.05, 0) is 18.6 Å². The highest BCUT2D eigenvalue weighted by molar-refractivity contribution is 6.31. The molecule has 0 aliphatic carbocycles. The molecule has 0 bridgehead atoms. The molecule has 0 spiro atoms. The Morgan fingerprint density at radius 3 is 2.93 bits per heavy atom. The van der Waals surface area contributed by atoms with E-state index in [0.717, 1.165) is 5.56 Å². The number of rotatable bonds is 5. The molecule has 1 unspecified atom stereocenters. The molecule has 1 aromatic carbocycles. The third kappa shape index (κ3) is 3.78. The summed E-state index contributed by atoms with van der Waals surface area (Å²) in [5.41, 5.74) is 0.764. The summed E-state index contributed by atoms with van der Waals surface area (Å²) in [7, 11) is 1.65. The first-order valence-corrected chi connectivity index (χ1v) is 5.19. The minimum absolute atomic E-state index is 0.136. The molecule has 0 radical (unpaired) electrons. The second-order valence-corrected chi connectivity index (χ2v) is 3.77. The van der Waals surface area contributed by atoms with Crippen LogP contribution in [0.15, 0.2) is 18.2 Å². The van der Waals surface area contributed by atoms with Gasteiger partial charge >= 0.3 is 0 Å². The third-order valence-corrected chi connectivity index (χ3v) is 2.60. The second-order valence-electron chi connectivity index (χ2n) is 3.39. The number of benzene rings is 1. The van der Waals surface area contributed by atoms with Crippen molar-refractivity contribution in [2.24, 2.45) is 0 Å². The van der Waals surface area contributed by atoms with Crippen LogP contribution in [0.1, 0.15) is 12.5 Å². The first-order valence-electron chi connectivity index (χ1n) is 4.81. The highest BCUT2D eigenvalue weighted by Crippen LogP contribution is 2.19. The second kappa shape index (κ2) is 6.05. The van der Waals surface area contributed by atoms with Crippen molar-refractivity contribution in [2.45, 2.75) is 19.6 Å². The number of halogens is 2. The van der Waals surface area contributed by atoms with Gasteiger partial charge in [-0.3, -0.25) is 0 Å². The molecule has 0 saturated carbocycles. The Morgan fingerprint density at radius 2 is 2.27 bits per heavy atom. The number of nitrogens with one attached hydrogen (secondary N) is 1. The molecule has 1 aromatic rings. The minimum atomic E-state index is -0.379. The Hall–Kier alpha value is -0.640. The lowest BCUT2D eigenvalue weighted by molar-refractivity contribution is 0.117. The summed E-state index contributed by atoms with van der Waals surface area (Å²) < 4.78 is 18.1. The predicted molar refractivity (Wildman–Crippen MR) is 59.6 cm³/mol. The van der Waals surface area contributed by atoms with Crippen LogP contribution in [0.2, 0.25) is 5.02 Å². The van der Waals surface area contributed by atoms with Gasteiger partial charge in [-0.15, -0.1) is 0 Å². The van der Waals surface area contributed by atoms with Crippen molar-refractivity contribution in [1.82, 2.24) is 5.32 Å².